The van der Waals surface area contributed by atoms with Gasteiger partial charge in [-0.05, 0) is 36.8 Å². The van der Waals surface area contributed by atoms with Gasteiger partial charge in [0.1, 0.15) is 0 Å². The van der Waals surface area contributed by atoms with Crippen molar-refractivity contribution in [3.63, 3.8) is 0 Å². The molecule has 1 fully saturated rings. The molecule has 0 radical (unpaired) electrons. The minimum Gasteiger partial charge on any atom is -0.345 e. The van der Waals surface area contributed by atoms with Crippen LogP contribution in [0.1, 0.15) is 30.3 Å². The number of H-pyrrole nitrogens is 1. The minimum atomic E-state index is 0.0264. The van der Waals surface area contributed by atoms with Gasteiger partial charge in [0, 0.05) is 24.7 Å². The Morgan fingerprint density at radius 3 is 3.07 bits per heavy atom. The number of aromatic amines is 1. The molecule has 8 heteroatoms. The third-order valence-electron chi connectivity index (χ3n) is 5.05. The first-order chi connectivity index (χ1) is 13.8. The molecule has 1 amide bonds. The van der Waals surface area contributed by atoms with E-state index in [1.807, 2.05) is 41.3 Å². The van der Waals surface area contributed by atoms with Crippen LogP contribution in [0.3, 0.4) is 0 Å². The molecule has 140 valence electrons. The fourth-order valence-electron chi connectivity index (χ4n) is 3.55. The van der Waals surface area contributed by atoms with Gasteiger partial charge in [0.15, 0.2) is 0 Å². The van der Waals surface area contributed by atoms with Crippen molar-refractivity contribution >= 4 is 16.9 Å². The summed E-state index contributed by atoms with van der Waals surface area (Å²) in [5.74, 6) is 1.27. The molecule has 1 aromatic carbocycles. The fraction of sp³-hybridized carbons (Fsp3) is 0.250. The summed E-state index contributed by atoms with van der Waals surface area (Å²) in [5, 5.41) is 4.14. The predicted molar refractivity (Wildman–Crippen MR) is 101 cm³/mol. The van der Waals surface area contributed by atoms with E-state index in [4.69, 9.17) is 4.52 Å². The summed E-state index contributed by atoms with van der Waals surface area (Å²) in [6, 6.07) is 11.5. The Balaban J connectivity index is 1.35. The fourth-order valence-corrected chi connectivity index (χ4v) is 3.55. The zero-order valence-corrected chi connectivity index (χ0v) is 15.1. The number of benzene rings is 1. The van der Waals surface area contributed by atoms with Crippen molar-refractivity contribution < 1.29 is 9.32 Å². The van der Waals surface area contributed by atoms with Crippen molar-refractivity contribution in [1.29, 1.82) is 0 Å². The first-order valence-corrected chi connectivity index (χ1v) is 9.21. The standard InChI is InChI=1S/C20H18N6O2/c27-18-7-5-14(10-26(18)11-15-3-1-2-8-21-15)20-24-19(25-28-20)13-4-6-16-17(9-13)23-12-22-16/h1-4,6,8-9,12,14H,5,7,10-11H2,(H,22,23)/t14-/m1/s1. The number of rotatable bonds is 4. The summed E-state index contributed by atoms with van der Waals surface area (Å²) in [5.41, 5.74) is 3.55. The summed E-state index contributed by atoms with van der Waals surface area (Å²) in [7, 11) is 0. The van der Waals surface area contributed by atoms with Gasteiger partial charge < -0.3 is 14.4 Å². The van der Waals surface area contributed by atoms with E-state index >= 15 is 0 Å². The summed E-state index contributed by atoms with van der Waals surface area (Å²) in [6.45, 7) is 1.05. The number of pyridine rings is 1. The van der Waals surface area contributed by atoms with Crippen LogP contribution in [0.2, 0.25) is 0 Å². The van der Waals surface area contributed by atoms with E-state index in [1.54, 1.807) is 12.5 Å². The van der Waals surface area contributed by atoms with E-state index in [2.05, 4.69) is 25.1 Å². The molecule has 4 aromatic rings. The number of nitrogens with one attached hydrogen (secondary N) is 1. The van der Waals surface area contributed by atoms with Crippen LogP contribution in [0.25, 0.3) is 22.4 Å². The maximum absolute atomic E-state index is 12.3. The number of nitrogens with zero attached hydrogens (tertiary/aromatic N) is 5. The number of hydrogen-bond donors (Lipinski definition) is 1. The number of amides is 1. The van der Waals surface area contributed by atoms with Crippen LogP contribution in [-0.4, -0.2) is 42.4 Å². The van der Waals surface area contributed by atoms with E-state index in [0.717, 1.165) is 22.3 Å². The van der Waals surface area contributed by atoms with Gasteiger partial charge in [-0.15, -0.1) is 0 Å². The highest BCUT2D eigenvalue weighted by Gasteiger charge is 2.30. The number of hydrogen-bond acceptors (Lipinski definition) is 6. The average Bonchev–Trinajstić information content (AvgIpc) is 3.39. The topological polar surface area (TPSA) is 101 Å². The number of fused-ring (bicyclic) bond motifs is 1. The Morgan fingerprint density at radius 1 is 1.21 bits per heavy atom. The molecule has 0 aliphatic carbocycles. The van der Waals surface area contributed by atoms with Gasteiger partial charge >= 0.3 is 0 Å². The van der Waals surface area contributed by atoms with Crippen molar-refractivity contribution in [2.75, 3.05) is 6.54 Å². The Kier molecular flexibility index (Phi) is 4.08. The summed E-state index contributed by atoms with van der Waals surface area (Å²) in [4.78, 5) is 30.4. The van der Waals surface area contributed by atoms with Crippen LogP contribution in [0.15, 0.2) is 53.4 Å². The van der Waals surface area contributed by atoms with Crippen molar-refractivity contribution in [1.82, 2.24) is 30.0 Å². The zero-order chi connectivity index (χ0) is 18.9. The highest BCUT2D eigenvalue weighted by molar-refractivity contribution is 5.80. The van der Waals surface area contributed by atoms with Crippen LogP contribution in [0.5, 0.6) is 0 Å². The number of aromatic nitrogens is 5. The summed E-state index contributed by atoms with van der Waals surface area (Å²) in [6.07, 6.45) is 4.57. The number of piperidine rings is 1. The maximum Gasteiger partial charge on any atom is 0.231 e. The van der Waals surface area contributed by atoms with Crippen LogP contribution in [0.4, 0.5) is 0 Å². The van der Waals surface area contributed by atoms with Gasteiger partial charge in [-0.3, -0.25) is 9.78 Å². The van der Waals surface area contributed by atoms with Gasteiger partial charge in [-0.1, -0.05) is 11.2 Å². The third kappa shape index (κ3) is 3.13. The normalized spacial score (nSPS) is 17.4. The second kappa shape index (κ2) is 6.88. The SMILES string of the molecule is O=C1CC[C@@H](c2nc(-c3ccc4nc[nH]c4c3)no2)CN1Cc1ccccn1. The molecular weight excluding hydrogens is 356 g/mol. The highest BCUT2D eigenvalue weighted by atomic mass is 16.5. The average molecular weight is 374 g/mol. The molecule has 0 bridgehead atoms. The highest BCUT2D eigenvalue weighted by Crippen LogP contribution is 2.29. The largest absolute Gasteiger partial charge is 0.345 e. The lowest BCUT2D eigenvalue weighted by Crippen LogP contribution is -2.38. The molecule has 0 spiro atoms. The van der Waals surface area contributed by atoms with E-state index in [-0.39, 0.29) is 11.8 Å². The maximum atomic E-state index is 12.3. The number of likely N-dealkylation sites (tertiary alicyclic amines) is 1. The summed E-state index contributed by atoms with van der Waals surface area (Å²) >= 11 is 0. The quantitative estimate of drug-likeness (QED) is 0.589. The van der Waals surface area contributed by atoms with Crippen molar-refractivity contribution in [3.8, 4) is 11.4 Å². The molecule has 1 aliphatic heterocycles. The van der Waals surface area contributed by atoms with Gasteiger partial charge in [0.2, 0.25) is 17.6 Å². The van der Waals surface area contributed by atoms with Gasteiger partial charge in [0.25, 0.3) is 0 Å². The molecule has 28 heavy (non-hydrogen) atoms. The smallest absolute Gasteiger partial charge is 0.231 e. The Labute approximate surface area is 160 Å². The molecule has 0 saturated carbocycles. The lowest BCUT2D eigenvalue weighted by atomic mass is 9.97. The number of carbonyl (C=O) groups excluding carboxylic acids is 1. The molecule has 1 N–H and O–H groups in total. The van der Waals surface area contributed by atoms with Crippen molar-refractivity contribution in [2.24, 2.45) is 0 Å². The third-order valence-corrected chi connectivity index (χ3v) is 5.05. The van der Waals surface area contributed by atoms with Crippen LogP contribution in [0, 0.1) is 0 Å². The van der Waals surface area contributed by atoms with Crippen LogP contribution >= 0.6 is 0 Å². The lowest BCUT2D eigenvalue weighted by molar-refractivity contribution is -0.134. The van der Waals surface area contributed by atoms with Crippen LogP contribution < -0.4 is 0 Å². The van der Waals surface area contributed by atoms with E-state index in [9.17, 15) is 4.79 Å². The molecular formula is C20H18N6O2. The molecule has 3 aromatic heterocycles. The van der Waals surface area contributed by atoms with Crippen LogP contribution in [-0.2, 0) is 11.3 Å². The van der Waals surface area contributed by atoms with E-state index in [1.165, 1.54) is 0 Å². The van der Waals surface area contributed by atoms with E-state index < -0.39 is 0 Å². The molecule has 1 saturated heterocycles. The van der Waals surface area contributed by atoms with Crippen molar-refractivity contribution in [2.45, 2.75) is 25.3 Å². The Bertz CT molecular complexity index is 1120. The van der Waals surface area contributed by atoms with Gasteiger partial charge in [-0.25, -0.2) is 4.98 Å². The molecule has 5 rings (SSSR count). The summed E-state index contributed by atoms with van der Waals surface area (Å²) < 4.78 is 5.55. The van der Waals surface area contributed by atoms with E-state index in [0.29, 0.717) is 37.6 Å². The second-order valence-corrected chi connectivity index (χ2v) is 6.92. The molecule has 1 aliphatic rings. The molecule has 1 atom stereocenters. The second-order valence-electron chi connectivity index (χ2n) is 6.92. The Hall–Kier alpha value is -3.55. The zero-order valence-electron chi connectivity index (χ0n) is 15.1. The first kappa shape index (κ1) is 16.6. The number of imidazole rings is 1. The molecule has 0 unspecified atom stereocenters. The molecule has 8 nitrogen and oxygen atoms in total. The van der Waals surface area contributed by atoms with Gasteiger partial charge in [-0.2, -0.15) is 4.98 Å². The molecule has 4 heterocycles. The Morgan fingerprint density at radius 2 is 2.18 bits per heavy atom. The predicted octanol–water partition coefficient (Wildman–Crippen LogP) is 2.91. The van der Waals surface area contributed by atoms with Gasteiger partial charge in [0.05, 0.1) is 35.5 Å². The minimum absolute atomic E-state index is 0.0264. The lowest BCUT2D eigenvalue weighted by Gasteiger charge is -2.30. The monoisotopic (exact) mass is 374 g/mol. The first-order valence-electron chi connectivity index (χ1n) is 9.21. The number of carbonyl (C=O) groups is 1. The van der Waals surface area contributed by atoms with Crippen molar-refractivity contribution in [3.05, 3.63) is 60.5 Å².